The van der Waals surface area contributed by atoms with E-state index in [1.54, 1.807) is 31.2 Å². The molecule has 0 aliphatic heterocycles. The van der Waals surface area contributed by atoms with Gasteiger partial charge in [-0.2, -0.15) is 0 Å². The second kappa shape index (κ2) is 6.90. The summed E-state index contributed by atoms with van der Waals surface area (Å²) in [5, 5.41) is 10.8. The molecule has 0 fully saturated rings. The molecular formula is C12H15NO6S. The summed E-state index contributed by atoms with van der Waals surface area (Å²) in [4.78, 5) is 22.0. The van der Waals surface area contributed by atoms with E-state index in [-0.39, 0.29) is 0 Å². The first-order chi connectivity index (χ1) is 9.34. The Kier molecular flexibility index (Phi) is 5.51. The van der Waals surface area contributed by atoms with E-state index in [0.717, 1.165) is 0 Å². The number of anilines is 1. The normalized spacial score (nSPS) is 10.8. The minimum Gasteiger partial charge on any atom is -0.492 e. The topological polar surface area (TPSA) is 110 Å². The summed E-state index contributed by atoms with van der Waals surface area (Å²) in [6.45, 7) is 2.17. The van der Waals surface area contributed by atoms with Gasteiger partial charge in [-0.25, -0.2) is 8.42 Å². The standard InChI is InChI=1S/C12H15NO6S/c1-2-19-10-6-4-3-5-9(10)13-11(14)7-20(17,18)8-12(15)16/h3-6H,2,7-8H2,1H3,(H,13,14)(H,15,16). The van der Waals surface area contributed by atoms with E-state index in [1.807, 2.05) is 0 Å². The second-order valence-electron chi connectivity index (χ2n) is 3.90. The van der Waals surface area contributed by atoms with Crippen molar-refractivity contribution in [3.8, 4) is 5.75 Å². The van der Waals surface area contributed by atoms with Crippen LogP contribution in [-0.2, 0) is 19.4 Å². The summed E-state index contributed by atoms with van der Waals surface area (Å²) >= 11 is 0. The van der Waals surface area contributed by atoms with E-state index < -0.39 is 33.2 Å². The lowest BCUT2D eigenvalue weighted by Gasteiger charge is -2.11. The van der Waals surface area contributed by atoms with Crippen LogP contribution < -0.4 is 10.1 Å². The predicted molar refractivity (Wildman–Crippen MR) is 72.5 cm³/mol. The molecule has 0 saturated heterocycles. The third-order valence-electron chi connectivity index (χ3n) is 2.16. The van der Waals surface area contributed by atoms with E-state index in [1.165, 1.54) is 0 Å². The van der Waals surface area contributed by atoms with E-state index >= 15 is 0 Å². The first kappa shape index (κ1) is 16.0. The first-order valence-corrected chi connectivity index (χ1v) is 7.60. The number of aliphatic carboxylic acids is 1. The highest BCUT2D eigenvalue weighted by Gasteiger charge is 2.21. The Morgan fingerprint density at radius 1 is 1.25 bits per heavy atom. The molecule has 0 aromatic heterocycles. The Hall–Kier alpha value is -2.09. The monoisotopic (exact) mass is 301 g/mol. The number of para-hydroxylation sites is 2. The molecule has 0 atom stereocenters. The number of hydrogen-bond acceptors (Lipinski definition) is 5. The van der Waals surface area contributed by atoms with Crippen molar-refractivity contribution in [3.05, 3.63) is 24.3 Å². The Labute approximate surface area is 116 Å². The van der Waals surface area contributed by atoms with Gasteiger partial charge in [0.2, 0.25) is 5.91 Å². The number of hydrogen-bond donors (Lipinski definition) is 2. The molecule has 1 amide bonds. The fraction of sp³-hybridized carbons (Fsp3) is 0.333. The number of sulfone groups is 1. The van der Waals surface area contributed by atoms with Crippen molar-refractivity contribution in [3.63, 3.8) is 0 Å². The molecule has 2 N–H and O–H groups in total. The van der Waals surface area contributed by atoms with Crippen molar-refractivity contribution in [1.29, 1.82) is 0 Å². The molecule has 1 aromatic rings. The highest BCUT2D eigenvalue weighted by molar-refractivity contribution is 7.92. The molecule has 8 heteroatoms. The van der Waals surface area contributed by atoms with Gasteiger partial charge in [-0.1, -0.05) is 12.1 Å². The number of rotatable bonds is 7. The molecule has 0 unspecified atom stereocenters. The fourth-order valence-electron chi connectivity index (χ4n) is 1.48. The van der Waals surface area contributed by atoms with Crippen molar-refractivity contribution >= 4 is 27.4 Å². The molecule has 0 spiro atoms. The van der Waals surface area contributed by atoms with Crippen LogP contribution in [0.3, 0.4) is 0 Å². The van der Waals surface area contributed by atoms with E-state index in [0.29, 0.717) is 18.0 Å². The van der Waals surface area contributed by atoms with Crippen LogP contribution in [0.5, 0.6) is 5.75 Å². The van der Waals surface area contributed by atoms with Gasteiger partial charge in [0.15, 0.2) is 9.84 Å². The van der Waals surface area contributed by atoms with Crippen molar-refractivity contribution < 1.29 is 27.9 Å². The van der Waals surface area contributed by atoms with Crippen molar-refractivity contribution in [2.24, 2.45) is 0 Å². The van der Waals surface area contributed by atoms with Gasteiger partial charge in [-0.3, -0.25) is 9.59 Å². The lowest BCUT2D eigenvalue weighted by Crippen LogP contribution is -2.27. The number of ether oxygens (including phenoxy) is 1. The second-order valence-corrected chi connectivity index (χ2v) is 5.97. The van der Waals surface area contributed by atoms with Gasteiger partial charge < -0.3 is 15.2 Å². The lowest BCUT2D eigenvalue weighted by atomic mass is 10.3. The third-order valence-corrected chi connectivity index (χ3v) is 3.54. The molecule has 110 valence electrons. The van der Waals surface area contributed by atoms with Crippen LogP contribution in [0, 0.1) is 0 Å². The molecule has 0 aliphatic rings. The average molecular weight is 301 g/mol. The zero-order chi connectivity index (χ0) is 15.2. The average Bonchev–Trinajstić information content (AvgIpc) is 2.29. The maximum atomic E-state index is 11.6. The van der Waals surface area contributed by atoms with Gasteiger partial charge in [0, 0.05) is 0 Å². The number of carbonyl (C=O) groups excluding carboxylic acids is 1. The molecule has 0 radical (unpaired) electrons. The highest BCUT2D eigenvalue weighted by Crippen LogP contribution is 2.23. The van der Waals surface area contributed by atoms with E-state index in [2.05, 4.69) is 5.32 Å². The highest BCUT2D eigenvalue weighted by atomic mass is 32.2. The number of carbonyl (C=O) groups is 2. The number of carboxylic acids is 1. The molecule has 0 saturated carbocycles. The summed E-state index contributed by atoms with van der Waals surface area (Å²) in [7, 11) is -3.98. The maximum absolute atomic E-state index is 11.6. The van der Waals surface area contributed by atoms with Crippen LogP contribution in [0.25, 0.3) is 0 Å². The fourth-order valence-corrected chi connectivity index (χ4v) is 2.43. The van der Waals surface area contributed by atoms with Crippen LogP contribution in [0.1, 0.15) is 6.92 Å². The molecular weight excluding hydrogens is 286 g/mol. The lowest BCUT2D eigenvalue weighted by molar-refractivity contribution is -0.134. The molecule has 1 aromatic carbocycles. The van der Waals surface area contributed by atoms with Crippen LogP contribution in [0.4, 0.5) is 5.69 Å². The summed E-state index contributed by atoms with van der Waals surface area (Å²) < 4.78 is 28.0. The Bertz CT molecular complexity index is 596. The van der Waals surface area contributed by atoms with Crippen molar-refractivity contribution in [2.45, 2.75) is 6.92 Å². The van der Waals surface area contributed by atoms with Gasteiger partial charge in [0.1, 0.15) is 17.3 Å². The molecule has 0 heterocycles. The van der Waals surface area contributed by atoms with Gasteiger partial charge in [0.25, 0.3) is 0 Å². The molecule has 20 heavy (non-hydrogen) atoms. The first-order valence-electron chi connectivity index (χ1n) is 5.78. The van der Waals surface area contributed by atoms with Gasteiger partial charge >= 0.3 is 5.97 Å². The quantitative estimate of drug-likeness (QED) is 0.760. The van der Waals surface area contributed by atoms with Crippen LogP contribution in [0.2, 0.25) is 0 Å². The minimum atomic E-state index is -3.98. The number of carboxylic acid groups (broad SMARTS) is 1. The number of amides is 1. The van der Waals surface area contributed by atoms with Crippen LogP contribution >= 0.6 is 0 Å². The summed E-state index contributed by atoms with van der Waals surface area (Å²) in [6, 6.07) is 6.56. The molecule has 1 rings (SSSR count). The Balaban J connectivity index is 2.74. The summed E-state index contributed by atoms with van der Waals surface area (Å²) in [6.07, 6.45) is 0. The van der Waals surface area contributed by atoms with E-state index in [4.69, 9.17) is 9.84 Å². The van der Waals surface area contributed by atoms with E-state index in [9.17, 15) is 18.0 Å². The Morgan fingerprint density at radius 3 is 2.50 bits per heavy atom. The van der Waals surface area contributed by atoms with Crippen LogP contribution in [-0.4, -0.2) is 43.5 Å². The number of benzene rings is 1. The predicted octanol–water partition coefficient (Wildman–Crippen LogP) is 0.523. The number of nitrogens with one attached hydrogen (secondary N) is 1. The van der Waals surface area contributed by atoms with Crippen molar-refractivity contribution in [1.82, 2.24) is 0 Å². The molecule has 0 bridgehead atoms. The maximum Gasteiger partial charge on any atom is 0.318 e. The van der Waals surface area contributed by atoms with Gasteiger partial charge in [-0.05, 0) is 19.1 Å². The molecule has 7 nitrogen and oxygen atoms in total. The largest absolute Gasteiger partial charge is 0.492 e. The molecule has 0 aliphatic carbocycles. The van der Waals surface area contributed by atoms with Crippen LogP contribution in [0.15, 0.2) is 24.3 Å². The van der Waals surface area contributed by atoms with Crippen molar-refractivity contribution in [2.75, 3.05) is 23.4 Å². The minimum absolute atomic E-state index is 0.338. The summed E-state index contributed by atoms with van der Waals surface area (Å²) in [5.74, 6) is -3.85. The smallest absolute Gasteiger partial charge is 0.318 e. The van der Waals surface area contributed by atoms with Gasteiger partial charge in [-0.15, -0.1) is 0 Å². The zero-order valence-electron chi connectivity index (χ0n) is 10.8. The Morgan fingerprint density at radius 2 is 1.90 bits per heavy atom. The SMILES string of the molecule is CCOc1ccccc1NC(=O)CS(=O)(=O)CC(=O)O. The summed E-state index contributed by atoms with van der Waals surface area (Å²) in [5.41, 5.74) is 0.338. The van der Waals surface area contributed by atoms with Gasteiger partial charge in [0.05, 0.1) is 12.3 Å². The zero-order valence-corrected chi connectivity index (χ0v) is 11.6. The third kappa shape index (κ3) is 5.27.